The van der Waals surface area contributed by atoms with Crippen LogP contribution in [0, 0.1) is 13.8 Å². The molecule has 0 amide bonds. The van der Waals surface area contributed by atoms with Crippen LogP contribution in [0.2, 0.25) is 0 Å². The molecule has 1 N–H and O–H groups in total. The lowest BCUT2D eigenvalue weighted by atomic mass is 10.1. The molecular weight excluding hydrogens is 278 g/mol. The zero-order valence-corrected chi connectivity index (χ0v) is 13.0. The van der Waals surface area contributed by atoms with Crippen molar-refractivity contribution in [2.24, 2.45) is 0 Å². The molecule has 3 rings (SSSR count). The van der Waals surface area contributed by atoms with E-state index < -0.39 is 0 Å². The highest BCUT2D eigenvalue weighted by molar-refractivity contribution is 5.55. The lowest BCUT2D eigenvalue weighted by Crippen LogP contribution is -2.18. The van der Waals surface area contributed by atoms with Gasteiger partial charge in [-0.15, -0.1) is 0 Å². The molecule has 0 saturated carbocycles. The fourth-order valence-corrected chi connectivity index (χ4v) is 2.31. The Morgan fingerprint density at radius 2 is 2.09 bits per heavy atom. The zero-order valence-electron chi connectivity index (χ0n) is 13.0. The van der Waals surface area contributed by atoms with Crippen LogP contribution in [0.15, 0.2) is 35.1 Å². The molecule has 114 valence electrons. The van der Waals surface area contributed by atoms with Crippen LogP contribution in [-0.4, -0.2) is 32.1 Å². The molecule has 1 aromatic carbocycles. The van der Waals surface area contributed by atoms with Gasteiger partial charge in [-0.3, -0.25) is 4.90 Å². The van der Waals surface area contributed by atoms with E-state index in [0.29, 0.717) is 18.3 Å². The van der Waals surface area contributed by atoms with E-state index in [9.17, 15) is 0 Å². The standard InChI is InChI=1S/C16H19N5O/c1-11-5-4-6-13(7-11)16-19-15(22-20-16)9-21(3)8-14-12(2)17-10-18-14/h4-7,10H,8-9H2,1-3H3,(H,17,18). The van der Waals surface area contributed by atoms with Crippen molar-refractivity contribution < 1.29 is 4.52 Å². The minimum Gasteiger partial charge on any atom is -0.348 e. The van der Waals surface area contributed by atoms with E-state index in [2.05, 4.69) is 25.0 Å². The third-order valence-corrected chi connectivity index (χ3v) is 3.50. The summed E-state index contributed by atoms with van der Waals surface area (Å²) in [6.45, 7) is 5.38. The highest BCUT2D eigenvalue weighted by atomic mass is 16.5. The van der Waals surface area contributed by atoms with Crippen LogP contribution in [0.3, 0.4) is 0 Å². The van der Waals surface area contributed by atoms with Gasteiger partial charge in [0.05, 0.1) is 18.6 Å². The maximum absolute atomic E-state index is 5.35. The summed E-state index contributed by atoms with van der Waals surface area (Å²) < 4.78 is 5.35. The van der Waals surface area contributed by atoms with Crippen LogP contribution >= 0.6 is 0 Å². The Kier molecular flexibility index (Phi) is 4.02. The van der Waals surface area contributed by atoms with Gasteiger partial charge in [-0.2, -0.15) is 4.98 Å². The first-order valence-corrected chi connectivity index (χ1v) is 7.19. The van der Waals surface area contributed by atoms with Crippen molar-refractivity contribution in [1.82, 2.24) is 25.0 Å². The van der Waals surface area contributed by atoms with Gasteiger partial charge in [0.1, 0.15) is 0 Å². The molecule has 0 saturated heterocycles. The van der Waals surface area contributed by atoms with E-state index in [4.69, 9.17) is 4.52 Å². The average molecular weight is 297 g/mol. The molecule has 0 atom stereocenters. The Morgan fingerprint density at radius 1 is 1.23 bits per heavy atom. The highest BCUT2D eigenvalue weighted by Gasteiger charge is 2.12. The van der Waals surface area contributed by atoms with E-state index in [0.717, 1.165) is 23.5 Å². The topological polar surface area (TPSA) is 70.8 Å². The number of aromatic nitrogens is 4. The highest BCUT2D eigenvalue weighted by Crippen LogP contribution is 2.17. The Bertz CT molecular complexity index is 761. The van der Waals surface area contributed by atoms with Gasteiger partial charge >= 0.3 is 0 Å². The summed E-state index contributed by atoms with van der Waals surface area (Å²) in [5.74, 6) is 1.23. The Hall–Kier alpha value is -2.47. The second-order valence-electron chi connectivity index (χ2n) is 5.53. The molecule has 0 unspecified atom stereocenters. The Morgan fingerprint density at radius 3 is 2.82 bits per heavy atom. The first-order valence-electron chi connectivity index (χ1n) is 7.19. The third kappa shape index (κ3) is 3.23. The quantitative estimate of drug-likeness (QED) is 0.784. The fraction of sp³-hybridized carbons (Fsp3) is 0.312. The second-order valence-corrected chi connectivity index (χ2v) is 5.53. The van der Waals surface area contributed by atoms with E-state index in [1.165, 1.54) is 5.56 Å². The van der Waals surface area contributed by atoms with Gasteiger partial charge in [0.2, 0.25) is 11.7 Å². The normalized spacial score (nSPS) is 11.3. The predicted octanol–water partition coefficient (Wildman–Crippen LogP) is 2.71. The minimum atomic E-state index is 0.588. The smallest absolute Gasteiger partial charge is 0.241 e. The lowest BCUT2D eigenvalue weighted by molar-refractivity contribution is 0.258. The van der Waals surface area contributed by atoms with Crippen LogP contribution in [-0.2, 0) is 13.1 Å². The minimum absolute atomic E-state index is 0.588. The summed E-state index contributed by atoms with van der Waals surface area (Å²) in [5, 5.41) is 4.06. The first-order chi connectivity index (χ1) is 10.6. The molecule has 2 aromatic heterocycles. The van der Waals surface area contributed by atoms with E-state index >= 15 is 0 Å². The van der Waals surface area contributed by atoms with Gasteiger partial charge in [0, 0.05) is 17.8 Å². The maximum Gasteiger partial charge on any atom is 0.241 e. The zero-order chi connectivity index (χ0) is 15.5. The Labute approximate surface area is 129 Å². The summed E-state index contributed by atoms with van der Waals surface area (Å²) in [7, 11) is 2.00. The van der Waals surface area contributed by atoms with Crippen molar-refractivity contribution >= 4 is 0 Å². The molecule has 3 aromatic rings. The number of hydrogen-bond acceptors (Lipinski definition) is 5. The maximum atomic E-state index is 5.35. The monoisotopic (exact) mass is 297 g/mol. The third-order valence-electron chi connectivity index (χ3n) is 3.50. The molecule has 6 nitrogen and oxygen atoms in total. The second kappa shape index (κ2) is 6.11. The van der Waals surface area contributed by atoms with E-state index in [-0.39, 0.29) is 0 Å². The number of nitrogens with one attached hydrogen (secondary N) is 1. The SMILES string of the molecule is Cc1cccc(-c2noc(CN(C)Cc3nc[nH]c3C)n2)c1. The molecule has 22 heavy (non-hydrogen) atoms. The number of rotatable bonds is 5. The molecular formula is C16H19N5O. The molecule has 0 aliphatic carbocycles. The number of imidazole rings is 1. The number of benzene rings is 1. The first kappa shape index (κ1) is 14.5. The van der Waals surface area contributed by atoms with Crippen LogP contribution in [0.1, 0.15) is 22.8 Å². The molecule has 0 fully saturated rings. The Balaban J connectivity index is 1.68. The van der Waals surface area contributed by atoms with E-state index in [1.807, 2.05) is 45.2 Å². The van der Waals surface area contributed by atoms with E-state index in [1.54, 1.807) is 6.33 Å². The number of nitrogens with zero attached hydrogens (tertiary/aromatic N) is 4. The van der Waals surface area contributed by atoms with Gasteiger partial charge in [-0.25, -0.2) is 4.98 Å². The van der Waals surface area contributed by atoms with Gasteiger partial charge < -0.3 is 9.51 Å². The summed E-state index contributed by atoms with van der Waals surface area (Å²) >= 11 is 0. The molecule has 6 heteroatoms. The van der Waals surface area contributed by atoms with Gasteiger partial charge in [0.25, 0.3) is 0 Å². The number of aromatic amines is 1. The number of hydrogen-bond donors (Lipinski definition) is 1. The summed E-state index contributed by atoms with van der Waals surface area (Å²) in [6.07, 6.45) is 1.71. The van der Waals surface area contributed by atoms with Crippen molar-refractivity contribution in [2.45, 2.75) is 26.9 Å². The van der Waals surface area contributed by atoms with Gasteiger partial charge in [0.15, 0.2) is 0 Å². The lowest BCUT2D eigenvalue weighted by Gasteiger charge is -2.12. The molecule has 0 aliphatic heterocycles. The average Bonchev–Trinajstić information content (AvgIpc) is 3.09. The number of H-pyrrole nitrogens is 1. The van der Waals surface area contributed by atoms with Crippen molar-refractivity contribution in [2.75, 3.05) is 7.05 Å². The van der Waals surface area contributed by atoms with Gasteiger partial charge in [-0.1, -0.05) is 28.9 Å². The molecule has 2 heterocycles. The van der Waals surface area contributed by atoms with Crippen molar-refractivity contribution in [3.8, 4) is 11.4 Å². The van der Waals surface area contributed by atoms with Crippen LogP contribution in [0.25, 0.3) is 11.4 Å². The number of aryl methyl sites for hydroxylation is 2. The van der Waals surface area contributed by atoms with Crippen molar-refractivity contribution in [1.29, 1.82) is 0 Å². The fourth-order valence-electron chi connectivity index (χ4n) is 2.31. The predicted molar refractivity (Wildman–Crippen MR) is 83.0 cm³/mol. The van der Waals surface area contributed by atoms with Crippen LogP contribution < -0.4 is 0 Å². The molecule has 0 aliphatic rings. The van der Waals surface area contributed by atoms with Crippen LogP contribution in [0.5, 0.6) is 0 Å². The largest absolute Gasteiger partial charge is 0.348 e. The molecule has 0 spiro atoms. The van der Waals surface area contributed by atoms with Gasteiger partial charge in [-0.05, 0) is 27.0 Å². The van der Waals surface area contributed by atoms with Crippen molar-refractivity contribution in [3.63, 3.8) is 0 Å². The molecule has 0 bridgehead atoms. The summed E-state index contributed by atoms with van der Waals surface area (Å²) in [5.41, 5.74) is 4.26. The van der Waals surface area contributed by atoms with Crippen LogP contribution in [0.4, 0.5) is 0 Å². The summed E-state index contributed by atoms with van der Waals surface area (Å²) in [4.78, 5) is 13.9. The molecule has 0 radical (unpaired) electrons. The van der Waals surface area contributed by atoms with Crippen molar-refractivity contribution in [3.05, 3.63) is 53.4 Å². The summed E-state index contributed by atoms with van der Waals surface area (Å²) in [6, 6.07) is 8.07.